The van der Waals surface area contributed by atoms with Gasteiger partial charge in [0.25, 0.3) is 5.91 Å². The zero-order chi connectivity index (χ0) is 14.7. The molecule has 2 rings (SSSR count). The van der Waals surface area contributed by atoms with Crippen molar-refractivity contribution in [1.29, 1.82) is 0 Å². The van der Waals surface area contributed by atoms with E-state index in [9.17, 15) is 19.3 Å². The van der Waals surface area contributed by atoms with E-state index in [4.69, 9.17) is 4.74 Å². The Labute approximate surface area is 115 Å². The molecule has 0 saturated carbocycles. The number of rotatable bonds is 2. The molecule has 20 heavy (non-hydrogen) atoms. The predicted octanol–water partition coefficient (Wildman–Crippen LogP) is 1.98. The van der Waals surface area contributed by atoms with E-state index >= 15 is 0 Å². The number of carbonyl (C=O) groups is 1. The quantitative estimate of drug-likeness (QED) is 0.614. The van der Waals surface area contributed by atoms with E-state index < -0.39 is 16.4 Å². The summed E-state index contributed by atoms with van der Waals surface area (Å²) in [6, 6.07) is 3.19. The van der Waals surface area contributed by atoms with E-state index in [0.29, 0.717) is 26.1 Å². The molecule has 108 valence electrons. The van der Waals surface area contributed by atoms with Crippen molar-refractivity contribution < 1.29 is 18.8 Å². The zero-order valence-electron chi connectivity index (χ0n) is 11.0. The molecule has 0 aliphatic carbocycles. The molecule has 1 unspecified atom stereocenters. The molecule has 1 aliphatic heterocycles. The van der Waals surface area contributed by atoms with Crippen LogP contribution in [0.1, 0.15) is 23.7 Å². The normalized spacial score (nSPS) is 19.5. The van der Waals surface area contributed by atoms with Crippen LogP contribution in [0.25, 0.3) is 0 Å². The number of halogens is 1. The Balaban J connectivity index is 2.24. The van der Waals surface area contributed by atoms with Gasteiger partial charge in [-0.3, -0.25) is 14.9 Å². The number of nitrogens with zero attached hydrogens (tertiary/aromatic N) is 2. The number of amides is 1. The lowest BCUT2D eigenvalue weighted by Gasteiger charge is -2.22. The highest BCUT2D eigenvalue weighted by Crippen LogP contribution is 2.20. The summed E-state index contributed by atoms with van der Waals surface area (Å²) in [4.78, 5) is 23.8. The van der Waals surface area contributed by atoms with E-state index in [0.717, 1.165) is 12.1 Å². The molecule has 7 heteroatoms. The molecular formula is C13H15FN2O4. The van der Waals surface area contributed by atoms with Gasteiger partial charge < -0.3 is 9.64 Å². The second kappa shape index (κ2) is 5.96. The standard InChI is InChI=1S/C13H15FN2O4/c1-9-8-15(5-2-6-20-9)13(17)10-3-4-11(14)12(7-10)16(18)19/h3-4,7,9H,2,5-6,8H2,1H3. The first-order chi connectivity index (χ1) is 9.49. The topological polar surface area (TPSA) is 72.7 Å². The third-order valence-corrected chi connectivity index (χ3v) is 3.13. The summed E-state index contributed by atoms with van der Waals surface area (Å²) in [6.45, 7) is 3.38. The van der Waals surface area contributed by atoms with E-state index in [2.05, 4.69) is 0 Å². The summed E-state index contributed by atoms with van der Waals surface area (Å²) in [5.74, 6) is -1.29. The molecular weight excluding hydrogens is 267 g/mol. The molecule has 1 saturated heterocycles. The molecule has 1 aliphatic rings. The molecule has 6 nitrogen and oxygen atoms in total. The van der Waals surface area contributed by atoms with Gasteiger partial charge in [-0.2, -0.15) is 4.39 Å². The third kappa shape index (κ3) is 3.11. The molecule has 1 aromatic rings. The van der Waals surface area contributed by atoms with Gasteiger partial charge in [-0.15, -0.1) is 0 Å². The van der Waals surface area contributed by atoms with Crippen molar-refractivity contribution in [3.8, 4) is 0 Å². The maximum atomic E-state index is 13.3. The summed E-state index contributed by atoms with van der Waals surface area (Å²) in [6.07, 6.45) is 0.621. The number of carbonyl (C=O) groups excluding carboxylic acids is 1. The van der Waals surface area contributed by atoms with Crippen LogP contribution in [-0.2, 0) is 4.74 Å². The maximum Gasteiger partial charge on any atom is 0.305 e. The number of ether oxygens (including phenoxy) is 1. The Morgan fingerprint density at radius 2 is 2.30 bits per heavy atom. The largest absolute Gasteiger partial charge is 0.377 e. The van der Waals surface area contributed by atoms with Gasteiger partial charge in [0.2, 0.25) is 5.82 Å². The Morgan fingerprint density at radius 1 is 1.55 bits per heavy atom. The van der Waals surface area contributed by atoms with Gasteiger partial charge in [-0.1, -0.05) is 0 Å². The van der Waals surface area contributed by atoms with Crippen LogP contribution < -0.4 is 0 Å². The van der Waals surface area contributed by atoms with Gasteiger partial charge in [0.15, 0.2) is 0 Å². The number of hydrogen-bond donors (Lipinski definition) is 0. The van der Waals surface area contributed by atoms with E-state index in [1.807, 2.05) is 6.92 Å². The minimum atomic E-state index is -0.945. The van der Waals surface area contributed by atoms with E-state index in [1.165, 1.54) is 6.07 Å². The van der Waals surface area contributed by atoms with Gasteiger partial charge in [0.1, 0.15) is 0 Å². The molecule has 1 atom stereocenters. The van der Waals surface area contributed by atoms with Gasteiger partial charge in [-0.25, -0.2) is 0 Å². The average molecular weight is 282 g/mol. The Hall–Kier alpha value is -2.02. The second-order valence-corrected chi connectivity index (χ2v) is 4.71. The van der Waals surface area contributed by atoms with Crippen molar-refractivity contribution in [3.63, 3.8) is 0 Å². The minimum Gasteiger partial charge on any atom is -0.377 e. The fourth-order valence-electron chi connectivity index (χ4n) is 2.15. The van der Waals surface area contributed by atoms with Crippen LogP contribution in [0.2, 0.25) is 0 Å². The highest BCUT2D eigenvalue weighted by molar-refractivity contribution is 5.94. The Morgan fingerprint density at radius 3 is 3.00 bits per heavy atom. The monoisotopic (exact) mass is 282 g/mol. The van der Waals surface area contributed by atoms with Gasteiger partial charge >= 0.3 is 5.69 Å². The number of benzene rings is 1. The fraction of sp³-hybridized carbons (Fsp3) is 0.462. The van der Waals surface area contributed by atoms with Crippen molar-refractivity contribution in [2.24, 2.45) is 0 Å². The van der Waals surface area contributed by atoms with Gasteiger partial charge in [0, 0.05) is 31.3 Å². The van der Waals surface area contributed by atoms with Crippen LogP contribution in [0, 0.1) is 15.9 Å². The lowest BCUT2D eigenvalue weighted by molar-refractivity contribution is -0.387. The van der Waals surface area contributed by atoms with Gasteiger partial charge in [-0.05, 0) is 25.5 Å². The lowest BCUT2D eigenvalue weighted by Crippen LogP contribution is -2.35. The minimum absolute atomic E-state index is 0.0862. The summed E-state index contributed by atoms with van der Waals surface area (Å²) < 4.78 is 18.7. The lowest BCUT2D eigenvalue weighted by atomic mass is 10.1. The summed E-state index contributed by atoms with van der Waals surface area (Å²) in [5.41, 5.74) is -0.567. The van der Waals surface area contributed by atoms with Gasteiger partial charge in [0.05, 0.1) is 11.0 Å². The molecule has 0 N–H and O–H groups in total. The number of nitro benzene ring substituents is 1. The Kier molecular flexibility index (Phi) is 4.29. The first-order valence-electron chi connectivity index (χ1n) is 6.34. The van der Waals surface area contributed by atoms with E-state index in [1.54, 1.807) is 4.90 Å². The summed E-state index contributed by atoms with van der Waals surface area (Å²) >= 11 is 0. The molecule has 0 bridgehead atoms. The van der Waals surface area contributed by atoms with Crippen LogP contribution in [0.15, 0.2) is 18.2 Å². The van der Waals surface area contributed by atoms with Crippen molar-refractivity contribution in [3.05, 3.63) is 39.7 Å². The first kappa shape index (κ1) is 14.4. The third-order valence-electron chi connectivity index (χ3n) is 3.13. The molecule has 0 aromatic heterocycles. The average Bonchev–Trinajstić information content (AvgIpc) is 2.63. The van der Waals surface area contributed by atoms with Crippen LogP contribution >= 0.6 is 0 Å². The van der Waals surface area contributed by atoms with E-state index in [-0.39, 0.29) is 17.6 Å². The number of nitro groups is 1. The van der Waals surface area contributed by atoms with Crippen molar-refractivity contribution >= 4 is 11.6 Å². The van der Waals surface area contributed by atoms with Crippen LogP contribution in [0.3, 0.4) is 0 Å². The molecule has 0 spiro atoms. The molecule has 1 fully saturated rings. The molecule has 0 radical (unpaired) electrons. The smallest absolute Gasteiger partial charge is 0.305 e. The highest BCUT2D eigenvalue weighted by atomic mass is 19.1. The van der Waals surface area contributed by atoms with Crippen LogP contribution in [0.5, 0.6) is 0 Å². The fourth-order valence-corrected chi connectivity index (χ4v) is 2.15. The summed E-state index contributed by atoms with van der Waals surface area (Å²) in [5, 5.41) is 10.7. The molecule has 1 heterocycles. The van der Waals surface area contributed by atoms with Crippen LogP contribution in [0.4, 0.5) is 10.1 Å². The second-order valence-electron chi connectivity index (χ2n) is 4.71. The number of hydrogen-bond acceptors (Lipinski definition) is 4. The van der Waals surface area contributed by atoms with Crippen molar-refractivity contribution in [1.82, 2.24) is 4.90 Å². The first-order valence-corrected chi connectivity index (χ1v) is 6.34. The van der Waals surface area contributed by atoms with Crippen molar-refractivity contribution in [2.45, 2.75) is 19.4 Å². The molecule has 1 amide bonds. The predicted molar refractivity (Wildman–Crippen MR) is 69.0 cm³/mol. The van der Waals surface area contributed by atoms with Crippen molar-refractivity contribution in [2.75, 3.05) is 19.7 Å². The SMILES string of the molecule is CC1CN(C(=O)c2ccc(F)c([N+](=O)[O-])c2)CCCO1. The zero-order valence-corrected chi connectivity index (χ0v) is 11.0. The Bertz CT molecular complexity index is 535. The highest BCUT2D eigenvalue weighted by Gasteiger charge is 2.24. The summed E-state index contributed by atoms with van der Waals surface area (Å²) in [7, 11) is 0. The maximum absolute atomic E-state index is 13.3. The molecule has 1 aromatic carbocycles. The van der Waals surface area contributed by atoms with Crippen LogP contribution in [-0.4, -0.2) is 41.5 Å².